The smallest absolute Gasteiger partial charge is 0.334 e. The zero-order valence-corrected chi connectivity index (χ0v) is 6.42. The molecule has 0 fully saturated rings. The monoisotopic (exact) mass is 144 g/mol. The average Bonchev–Trinajstić information content (AvgIpc) is 1.82. The minimum atomic E-state index is -0.944. The van der Waals surface area contributed by atoms with E-state index in [-0.39, 0.29) is 11.7 Å². The summed E-state index contributed by atoms with van der Waals surface area (Å²) in [5.74, 6) is -0.944. The second-order valence-electron chi connectivity index (χ2n) is 2.29. The van der Waals surface area contributed by atoms with Gasteiger partial charge in [0.15, 0.2) is 0 Å². The maximum atomic E-state index is 10.2. The fourth-order valence-corrected chi connectivity index (χ4v) is 0.289. The number of carboxylic acid groups (broad SMARTS) is 1. The van der Waals surface area contributed by atoms with Crippen molar-refractivity contribution in [3.05, 3.63) is 11.8 Å². The Labute approximate surface area is 60.3 Å². The lowest BCUT2D eigenvalue weighted by Crippen LogP contribution is -2.01. The Hall–Kier alpha value is -0.990. The van der Waals surface area contributed by atoms with Crippen LogP contribution >= 0.6 is 0 Å². The van der Waals surface area contributed by atoms with E-state index in [4.69, 9.17) is 9.84 Å². The van der Waals surface area contributed by atoms with Gasteiger partial charge in [-0.05, 0) is 20.8 Å². The van der Waals surface area contributed by atoms with Crippen LogP contribution < -0.4 is 0 Å². The second kappa shape index (κ2) is 3.93. The van der Waals surface area contributed by atoms with Crippen molar-refractivity contribution in [2.24, 2.45) is 0 Å². The molecule has 0 radical (unpaired) electrons. The summed E-state index contributed by atoms with van der Waals surface area (Å²) in [4.78, 5) is 10.2. The lowest BCUT2D eigenvalue weighted by molar-refractivity contribution is -0.132. The van der Waals surface area contributed by atoms with Crippen molar-refractivity contribution in [2.75, 3.05) is 0 Å². The third-order valence-electron chi connectivity index (χ3n) is 0.854. The van der Waals surface area contributed by atoms with Gasteiger partial charge in [-0.25, -0.2) is 4.79 Å². The van der Waals surface area contributed by atoms with Crippen LogP contribution in [0.25, 0.3) is 0 Å². The Morgan fingerprint density at radius 2 is 2.10 bits per heavy atom. The van der Waals surface area contributed by atoms with Crippen LogP contribution in [-0.4, -0.2) is 17.2 Å². The number of rotatable bonds is 3. The Bertz CT molecular complexity index is 147. The summed E-state index contributed by atoms with van der Waals surface area (Å²) in [6, 6.07) is 0. The first-order valence-electron chi connectivity index (χ1n) is 3.09. The Morgan fingerprint density at radius 1 is 1.60 bits per heavy atom. The van der Waals surface area contributed by atoms with E-state index >= 15 is 0 Å². The van der Waals surface area contributed by atoms with Gasteiger partial charge in [-0.15, -0.1) is 0 Å². The molecule has 10 heavy (non-hydrogen) atoms. The quantitative estimate of drug-likeness (QED) is 0.481. The first kappa shape index (κ1) is 9.01. The number of hydrogen-bond donors (Lipinski definition) is 1. The van der Waals surface area contributed by atoms with Crippen LogP contribution in [0.3, 0.4) is 0 Å². The van der Waals surface area contributed by atoms with Crippen molar-refractivity contribution in [2.45, 2.75) is 26.9 Å². The molecule has 0 aliphatic heterocycles. The molecule has 0 heterocycles. The van der Waals surface area contributed by atoms with Gasteiger partial charge >= 0.3 is 5.97 Å². The predicted molar refractivity (Wildman–Crippen MR) is 37.6 cm³/mol. The lowest BCUT2D eigenvalue weighted by Gasteiger charge is -2.03. The Kier molecular flexibility index (Phi) is 3.54. The van der Waals surface area contributed by atoms with E-state index in [0.717, 1.165) is 0 Å². The van der Waals surface area contributed by atoms with Crippen LogP contribution in [0.2, 0.25) is 0 Å². The summed E-state index contributed by atoms with van der Waals surface area (Å²) in [5, 5.41) is 8.35. The van der Waals surface area contributed by atoms with Crippen molar-refractivity contribution in [1.82, 2.24) is 0 Å². The highest BCUT2D eigenvalue weighted by molar-refractivity contribution is 5.85. The highest BCUT2D eigenvalue weighted by Crippen LogP contribution is 1.95. The molecular formula is C7H12O3. The first-order valence-corrected chi connectivity index (χ1v) is 3.09. The van der Waals surface area contributed by atoms with Crippen molar-refractivity contribution < 1.29 is 14.6 Å². The van der Waals surface area contributed by atoms with Crippen molar-refractivity contribution in [3.8, 4) is 0 Å². The number of hydrogen-bond acceptors (Lipinski definition) is 2. The summed E-state index contributed by atoms with van der Waals surface area (Å²) in [5.41, 5.74) is 0.216. The largest absolute Gasteiger partial charge is 0.498 e. The summed E-state index contributed by atoms with van der Waals surface area (Å²) in [6.45, 7) is 5.17. The van der Waals surface area contributed by atoms with E-state index in [1.54, 1.807) is 0 Å². The minimum Gasteiger partial charge on any atom is -0.498 e. The van der Waals surface area contributed by atoms with E-state index < -0.39 is 5.97 Å². The summed E-state index contributed by atoms with van der Waals surface area (Å²) >= 11 is 0. The van der Waals surface area contributed by atoms with Gasteiger partial charge in [0.25, 0.3) is 0 Å². The van der Waals surface area contributed by atoms with Gasteiger partial charge in [-0.2, -0.15) is 0 Å². The molecule has 0 aromatic rings. The summed E-state index contributed by atoms with van der Waals surface area (Å²) < 4.78 is 4.92. The van der Waals surface area contributed by atoms with Crippen LogP contribution in [-0.2, 0) is 9.53 Å². The molecule has 0 aliphatic rings. The fourth-order valence-electron chi connectivity index (χ4n) is 0.289. The zero-order valence-electron chi connectivity index (χ0n) is 6.42. The number of ether oxygens (including phenoxy) is 1. The minimum absolute atomic E-state index is 0.0364. The highest BCUT2D eigenvalue weighted by atomic mass is 16.5. The number of carbonyl (C=O) groups is 1. The van der Waals surface area contributed by atoms with E-state index in [1.165, 1.54) is 13.2 Å². The highest BCUT2D eigenvalue weighted by Gasteiger charge is 1.99. The molecule has 0 saturated heterocycles. The van der Waals surface area contributed by atoms with Gasteiger partial charge in [-0.1, -0.05) is 0 Å². The van der Waals surface area contributed by atoms with E-state index in [9.17, 15) is 4.79 Å². The van der Waals surface area contributed by atoms with Gasteiger partial charge in [0, 0.05) is 0 Å². The van der Waals surface area contributed by atoms with Crippen molar-refractivity contribution >= 4 is 5.97 Å². The van der Waals surface area contributed by atoms with Crippen LogP contribution in [0.4, 0.5) is 0 Å². The van der Waals surface area contributed by atoms with E-state index in [2.05, 4.69) is 0 Å². The van der Waals surface area contributed by atoms with E-state index in [0.29, 0.717) is 0 Å². The number of aliphatic carboxylic acids is 1. The van der Waals surface area contributed by atoms with Crippen molar-refractivity contribution in [1.29, 1.82) is 0 Å². The van der Waals surface area contributed by atoms with Gasteiger partial charge in [-0.3, -0.25) is 0 Å². The molecule has 3 heteroatoms. The normalized spacial score (nSPS) is 11.8. The maximum absolute atomic E-state index is 10.2. The standard InChI is InChI=1S/C7H12O3/c1-5(2)10-4-6(3)7(8)9/h4-5H,1-3H3,(H,8,9). The zero-order chi connectivity index (χ0) is 8.15. The van der Waals surface area contributed by atoms with Crippen LogP contribution in [0.5, 0.6) is 0 Å². The third-order valence-corrected chi connectivity index (χ3v) is 0.854. The second-order valence-corrected chi connectivity index (χ2v) is 2.29. The molecule has 0 spiro atoms. The van der Waals surface area contributed by atoms with Crippen molar-refractivity contribution in [3.63, 3.8) is 0 Å². The molecule has 0 atom stereocenters. The maximum Gasteiger partial charge on any atom is 0.334 e. The Morgan fingerprint density at radius 3 is 2.40 bits per heavy atom. The Balaban J connectivity index is 3.81. The van der Waals surface area contributed by atoms with Crippen LogP contribution in [0.15, 0.2) is 11.8 Å². The predicted octanol–water partition coefficient (Wildman–Crippen LogP) is 1.40. The van der Waals surface area contributed by atoms with Crippen LogP contribution in [0.1, 0.15) is 20.8 Å². The molecule has 1 N–H and O–H groups in total. The molecule has 0 unspecified atom stereocenters. The molecule has 0 aromatic heterocycles. The molecule has 58 valence electrons. The van der Waals surface area contributed by atoms with Gasteiger partial charge < -0.3 is 9.84 Å². The molecule has 0 aliphatic carbocycles. The molecule has 0 amide bonds. The summed E-state index contributed by atoms with van der Waals surface area (Å²) in [7, 11) is 0. The van der Waals surface area contributed by atoms with Gasteiger partial charge in [0.2, 0.25) is 0 Å². The molecule has 0 aromatic carbocycles. The number of carboxylic acids is 1. The molecular weight excluding hydrogens is 132 g/mol. The topological polar surface area (TPSA) is 46.5 Å². The first-order chi connectivity index (χ1) is 4.54. The fraction of sp³-hybridized carbons (Fsp3) is 0.571. The third kappa shape index (κ3) is 3.95. The van der Waals surface area contributed by atoms with E-state index in [1.807, 2.05) is 13.8 Å². The average molecular weight is 144 g/mol. The van der Waals surface area contributed by atoms with Crippen LogP contribution in [0, 0.1) is 0 Å². The van der Waals surface area contributed by atoms with Gasteiger partial charge in [0.1, 0.15) is 0 Å². The van der Waals surface area contributed by atoms with Gasteiger partial charge in [0.05, 0.1) is 17.9 Å². The lowest BCUT2D eigenvalue weighted by atomic mass is 10.3. The SMILES string of the molecule is CC(=COC(C)C)C(=O)O. The molecule has 0 bridgehead atoms. The molecule has 0 rings (SSSR count). The summed E-state index contributed by atoms with van der Waals surface area (Å²) in [6.07, 6.45) is 1.29. The molecule has 3 nitrogen and oxygen atoms in total. The molecule has 0 saturated carbocycles.